The molecule has 19 heavy (non-hydrogen) atoms. The number of carbonyl (C=O) groups is 1. The van der Waals surface area contributed by atoms with Crippen molar-refractivity contribution in [3.63, 3.8) is 0 Å². The summed E-state index contributed by atoms with van der Waals surface area (Å²) in [5, 5.41) is 0. The zero-order valence-corrected chi connectivity index (χ0v) is 11.4. The van der Waals surface area contributed by atoms with Crippen LogP contribution >= 0.6 is 0 Å². The molecule has 2 atom stereocenters. The molecule has 0 radical (unpaired) electrons. The first-order valence-corrected chi connectivity index (χ1v) is 7.07. The molecule has 0 N–H and O–H groups in total. The van der Waals surface area contributed by atoms with Crippen LogP contribution in [0.5, 0.6) is 0 Å². The van der Waals surface area contributed by atoms with E-state index in [9.17, 15) is 4.79 Å². The van der Waals surface area contributed by atoms with Crippen molar-refractivity contribution >= 4 is 5.91 Å². The fourth-order valence-corrected chi connectivity index (χ4v) is 3.09. The van der Waals surface area contributed by atoms with Gasteiger partial charge in [-0.3, -0.25) is 4.79 Å². The van der Waals surface area contributed by atoms with Crippen molar-refractivity contribution in [2.24, 2.45) is 11.8 Å². The average Bonchev–Trinajstić information content (AvgIpc) is 3.08. The fraction of sp³-hybridized carbons (Fsp3) is 0.714. The zero-order valence-electron chi connectivity index (χ0n) is 11.4. The van der Waals surface area contributed by atoms with E-state index in [2.05, 4.69) is 9.55 Å². The van der Waals surface area contributed by atoms with Gasteiger partial charge < -0.3 is 14.2 Å². The first kappa shape index (κ1) is 12.7. The smallest absolute Gasteiger partial charge is 0.227 e. The van der Waals surface area contributed by atoms with E-state index in [0.29, 0.717) is 12.5 Å². The van der Waals surface area contributed by atoms with E-state index in [1.54, 1.807) is 0 Å². The lowest BCUT2D eigenvalue weighted by atomic mass is 9.96. The molecule has 3 rings (SSSR count). The lowest BCUT2D eigenvalue weighted by molar-refractivity contribution is -0.134. The molecule has 1 saturated heterocycles. The number of carbonyl (C=O) groups excluding carboxylic acids is 1. The molecule has 5 heteroatoms. The molecule has 0 aliphatic carbocycles. The van der Waals surface area contributed by atoms with Gasteiger partial charge in [-0.05, 0) is 18.8 Å². The molecule has 2 aliphatic heterocycles. The molecule has 1 aromatic rings. The first-order chi connectivity index (χ1) is 9.24. The SMILES string of the molecule is CN(CC1CCn2ccnc2C1)C(=O)C1CCOC1. The third-order valence-corrected chi connectivity index (χ3v) is 4.24. The Labute approximate surface area is 113 Å². The second kappa shape index (κ2) is 5.33. The lowest BCUT2D eigenvalue weighted by Gasteiger charge is -2.29. The Bertz CT molecular complexity index is 451. The monoisotopic (exact) mass is 263 g/mol. The molecule has 1 fully saturated rings. The molecule has 5 nitrogen and oxygen atoms in total. The Morgan fingerprint density at radius 2 is 2.47 bits per heavy atom. The minimum absolute atomic E-state index is 0.0792. The highest BCUT2D eigenvalue weighted by Gasteiger charge is 2.28. The van der Waals surface area contributed by atoms with Crippen LogP contribution in [-0.2, 0) is 22.5 Å². The van der Waals surface area contributed by atoms with Crippen molar-refractivity contribution < 1.29 is 9.53 Å². The van der Waals surface area contributed by atoms with E-state index in [1.165, 1.54) is 0 Å². The van der Waals surface area contributed by atoms with Crippen molar-refractivity contribution in [2.75, 3.05) is 26.8 Å². The summed E-state index contributed by atoms with van der Waals surface area (Å²) in [7, 11) is 1.92. The maximum atomic E-state index is 12.2. The summed E-state index contributed by atoms with van der Waals surface area (Å²) >= 11 is 0. The first-order valence-electron chi connectivity index (χ1n) is 7.07. The van der Waals surface area contributed by atoms with Crippen molar-refractivity contribution in [3.05, 3.63) is 18.2 Å². The number of aryl methyl sites for hydroxylation is 1. The van der Waals surface area contributed by atoms with Crippen molar-refractivity contribution in [1.29, 1.82) is 0 Å². The van der Waals surface area contributed by atoms with Crippen molar-refractivity contribution in [3.8, 4) is 0 Å². The summed E-state index contributed by atoms with van der Waals surface area (Å²) < 4.78 is 7.51. The van der Waals surface area contributed by atoms with Gasteiger partial charge in [0.15, 0.2) is 0 Å². The molecule has 0 bridgehead atoms. The molecule has 2 unspecified atom stereocenters. The summed E-state index contributed by atoms with van der Waals surface area (Å²) in [5.41, 5.74) is 0. The number of hydrogen-bond donors (Lipinski definition) is 0. The lowest BCUT2D eigenvalue weighted by Crippen LogP contribution is -2.38. The summed E-state index contributed by atoms with van der Waals surface area (Å²) in [5.74, 6) is 2.01. The Hall–Kier alpha value is -1.36. The van der Waals surface area contributed by atoms with E-state index >= 15 is 0 Å². The quantitative estimate of drug-likeness (QED) is 0.815. The van der Waals surface area contributed by atoms with Crippen molar-refractivity contribution in [1.82, 2.24) is 14.5 Å². The standard InChI is InChI=1S/C14H21N3O2/c1-16(14(18)12-3-7-19-10-12)9-11-2-5-17-6-4-15-13(17)8-11/h4,6,11-12H,2-3,5,7-10H2,1H3. The number of fused-ring (bicyclic) bond motifs is 1. The van der Waals surface area contributed by atoms with Gasteiger partial charge in [-0.25, -0.2) is 4.98 Å². The number of aromatic nitrogens is 2. The van der Waals surface area contributed by atoms with Crippen LogP contribution < -0.4 is 0 Å². The van der Waals surface area contributed by atoms with Gasteiger partial charge in [-0.1, -0.05) is 0 Å². The summed E-state index contributed by atoms with van der Waals surface area (Å²) in [6.07, 6.45) is 6.88. The molecule has 0 spiro atoms. The predicted octanol–water partition coefficient (Wildman–Crippen LogP) is 0.940. The molecular weight excluding hydrogens is 242 g/mol. The van der Waals surface area contributed by atoms with Crippen LogP contribution in [0.3, 0.4) is 0 Å². The Balaban J connectivity index is 1.55. The molecule has 3 heterocycles. The van der Waals surface area contributed by atoms with Crippen molar-refractivity contribution in [2.45, 2.75) is 25.8 Å². The Morgan fingerprint density at radius 1 is 1.58 bits per heavy atom. The minimum atomic E-state index is 0.0792. The Kier molecular flexibility index (Phi) is 3.55. The van der Waals surface area contributed by atoms with E-state index in [4.69, 9.17) is 4.74 Å². The van der Waals surface area contributed by atoms with E-state index < -0.39 is 0 Å². The van der Waals surface area contributed by atoms with Crippen LogP contribution in [0, 0.1) is 11.8 Å². The summed E-state index contributed by atoms with van der Waals surface area (Å²) in [6.45, 7) is 3.18. The van der Waals surface area contributed by atoms with Gasteiger partial charge >= 0.3 is 0 Å². The average molecular weight is 263 g/mol. The normalized spacial score (nSPS) is 26.2. The van der Waals surface area contributed by atoms with Crippen LogP contribution in [0.15, 0.2) is 12.4 Å². The van der Waals surface area contributed by atoms with Gasteiger partial charge in [0.05, 0.1) is 12.5 Å². The maximum absolute atomic E-state index is 12.2. The van der Waals surface area contributed by atoms with E-state index in [1.807, 2.05) is 24.3 Å². The molecule has 1 amide bonds. The summed E-state index contributed by atoms with van der Waals surface area (Å²) in [4.78, 5) is 18.5. The molecular formula is C14H21N3O2. The Morgan fingerprint density at radius 3 is 3.26 bits per heavy atom. The fourth-order valence-electron chi connectivity index (χ4n) is 3.09. The van der Waals surface area contributed by atoms with Gasteiger partial charge in [-0.2, -0.15) is 0 Å². The number of hydrogen-bond acceptors (Lipinski definition) is 3. The molecule has 0 aromatic carbocycles. The molecule has 0 saturated carbocycles. The van der Waals surface area contributed by atoms with Gasteiger partial charge in [0.2, 0.25) is 5.91 Å². The zero-order chi connectivity index (χ0) is 13.2. The van der Waals surface area contributed by atoms with Crippen LogP contribution in [0.2, 0.25) is 0 Å². The van der Waals surface area contributed by atoms with Gasteiger partial charge in [0, 0.05) is 45.6 Å². The van der Waals surface area contributed by atoms with Crippen LogP contribution in [-0.4, -0.2) is 47.2 Å². The van der Waals surface area contributed by atoms with E-state index in [0.717, 1.165) is 44.8 Å². The van der Waals surface area contributed by atoms with Crippen LogP contribution in [0.1, 0.15) is 18.7 Å². The molecule has 104 valence electrons. The van der Waals surface area contributed by atoms with E-state index in [-0.39, 0.29) is 11.8 Å². The largest absolute Gasteiger partial charge is 0.381 e. The second-order valence-corrected chi connectivity index (χ2v) is 5.67. The molecule has 2 aliphatic rings. The number of ether oxygens (including phenoxy) is 1. The maximum Gasteiger partial charge on any atom is 0.227 e. The third-order valence-electron chi connectivity index (χ3n) is 4.24. The summed E-state index contributed by atoms with van der Waals surface area (Å²) in [6, 6.07) is 0. The number of amides is 1. The third kappa shape index (κ3) is 2.66. The highest BCUT2D eigenvalue weighted by molar-refractivity contribution is 5.78. The predicted molar refractivity (Wildman–Crippen MR) is 70.6 cm³/mol. The second-order valence-electron chi connectivity index (χ2n) is 5.67. The minimum Gasteiger partial charge on any atom is -0.381 e. The number of imidazole rings is 1. The highest BCUT2D eigenvalue weighted by atomic mass is 16.5. The number of rotatable bonds is 3. The van der Waals surface area contributed by atoms with Gasteiger partial charge in [-0.15, -0.1) is 0 Å². The highest BCUT2D eigenvalue weighted by Crippen LogP contribution is 2.21. The van der Waals surface area contributed by atoms with Crippen LogP contribution in [0.25, 0.3) is 0 Å². The topological polar surface area (TPSA) is 47.4 Å². The van der Waals surface area contributed by atoms with Gasteiger partial charge in [0.1, 0.15) is 5.82 Å². The van der Waals surface area contributed by atoms with Gasteiger partial charge in [0.25, 0.3) is 0 Å². The van der Waals surface area contributed by atoms with Crippen LogP contribution in [0.4, 0.5) is 0 Å². The molecule has 1 aromatic heterocycles. The number of nitrogens with zero attached hydrogens (tertiary/aromatic N) is 3.